The van der Waals surface area contributed by atoms with Gasteiger partial charge in [0.1, 0.15) is 11.7 Å². The number of halogens is 6. The summed E-state index contributed by atoms with van der Waals surface area (Å²) in [6.07, 6.45) is -1.31. The Labute approximate surface area is 293 Å². The Morgan fingerprint density at radius 1 is 1.06 bits per heavy atom. The minimum atomic E-state index is -5.28. The maximum atomic E-state index is 14.3. The third kappa shape index (κ3) is 11.1. The van der Waals surface area contributed by atoms with E-state index in [2.05, 4.69) is 47.4 Å². The lowest BCUT2D eigenvalue weighted by Gasteiger charge is -2.27. The molecule has 1 atom stereocenters. The van der Waals surface area contributed by atoms with Gasteiger partial charge < -0.3 is 24.4 Å². The predicted molar refractivity (Wildman–Crippen MR) is 181 cm³/mol. The fraction of sp³-hybridized carbons (Fsp3) is 0.387. The van der Waals surface area contributed by atoms with Crippen LogP contribution < -0.4 is 10.1 Å². The van der Waals surface area contributed by atoms with Crippen molar-refractivity contribution in [3.63, 3.8) is 0 Å². The Hall–Kier alpha value is -3.88. The first-order valence-corrected chi connectivity index (χ1v) is 18.9. The zero-order valence-corrected chi connectivity index (χ0v) is 29.7. The van der Waals surface area contributed by atoms with Crippen LogP contribution in [0.1, 0.15) is 44.9 Å². The van der Waals surface area contributed by atoms with Gasteiger partial charge >= 0.3 is 12.5 Å². The quantitative estimate of drug-likeness (QED) is 0.0583. The standard InChI is InChI=1S/C31H32F5IN7O4P/c1-30(2,3)48-29(45)43(18-19-10-24(32)28(25(33)11-19)47-31(34,35)36)7-4-5-8-46-9-6-39-26-13-20(21-12-22(15-38)42-40-16-21)14-27-23(26)17-41-44(27)49-37/h10-14,16-17,39,49H,4-9,18H2,1-3H3. The number of amides is 1. The number of ether oxygens (including phenoxy) is 3. The van der Waals surface area contributed by atoms with Crippen LogP contribution in [-0.4, -0.2) is 69.0 Å². The van der Waals surface area contributed by atoms with Crippen molar-refractivity contribution >= 4 is 51.1 Å². The van der Waals surface area contributed by atoms with Gasteiger partial charge in [0.15, 0.2) is 17.3 Å². The third-order valence-corrected chi connectivity index (χ3v) is 8.59. The molecule has 0 radical (unpaired) electrons. The van der Waals surface area contributed by atoms with Crippen LogP contribution in [0.3, 0.4) is 0 Å². The number of aromatic nitrogens is 4. The van der Waals surface area contributed by atoms with E-state index in [4.69, 9.17) is 9.47 Å². The molecule has 0 saturated heterocycles. The van der Waals surface area contributed by atoms with Crippen molar-refractivity contribution in [2.75, 3.05) is 31.6 Å². The second-order valence-electron chi connectivity index (χ2n) is 11.6. The normalized spacial score (nSPS) is 12.0. The van der Waals surface area contributed by atoms with Gasteiger partial charge in [-0.25, -0.2) is 18.0 Å². The number of rotatable bonds is 14. The highest BCUT2D eigenvalue weighted by Crippen LogP contribution is 2.35. The molecule has 2 heterocycles. The maximum Gasteiger partial charge on any atom is 0.573 e. The van der Waals surface area contributed by atoms with E-state index in [9.17, 15) is 32.0 Å². The van der Waals surface area contributed by atoms with Crippen molar-refractivity contribution in [1.29, 1.82) is 5.26 Å². The van der Waals surface area contributed by atoms with Crippen molar-refractivity contribution in [3.8, 4) is 22.9 Å². The number of anilines is 1. The summed E-state index contributed by atoms with van der Waals surface area (Å²) in [6.45, 7) is 5.95. The lowest BCUT2D eigenvalue weighted by atomic mass is 10.0. The predicted octanol–water partition coefficient (Wildman–Crippen LogP) is 7.98. The van der Waals surface area contributed by atoms with Crippen molar-refractivity contribution in [2.45, 2.75) is 52.1 Å². The number of hydrogen-bond donors (Lipinski definition) is 1. The summed E-state index contributed by atoms with van der Waals surface area (Å²) >= 11 is 2.25. The largest absolute Gasteiger partial charge is 0.573 e. The second-order valence-corrected chi connectivity index (χ2v) is 13.7. The number of nitrogens with one attached hydrogen (secondary N) is 1. The first-order valence-electron chi connectivity index (χ1n) is 14.8. The van der Waals surface area contributed by atoms with E-state index in [1.165, 1.54) is 4.90 Å². The molecule has 0 aliphatic carbocycles. The lowest BCUT2D eigenvalue weighted by molar-refractivity contribution is -0.276. The molecule has 2 aromatic heterocycles. The molecule has 0 aliphatic rings. The first-order chi connectivity index (χ1) is 23.2. The van der Waals surface area contributed by atoms with Crippen LogP contribution in [0.25, 0.3) is 22.0 Å². The highest BCUT2D eigenvalue weighted by Gasteiger charge is 2.34. The minimum absolute atomic E-state index is 0.0777. The molecule has 1 amide bonds. The van der Waals surface area contributed by atoms with Crippen LogP contribution in [0.5, 0.6) is 5.75 Å². The van der Waals surface area contributed by atoms with E-state index in [0.717, 1.165) is 27.7 Å². The highest BCUT2D eigenvalue weighted by atomic mass is 127. The van der Waals surface area contributed by atoms with E-state index in [-0.39, 0.29) is 24.3 Å². The van der Waals surface area contributed by atoms with E-state index >= 15 is 0 Å². The lowest BCUT2D eigenvalue weighted by Crippen LogP contribution is -2.37. The average Bonchev–Trinajstić information content (AvgIpc) is 3.45. The topological polar surface area (TPSA) is 127 Å². The van der Waals surface area contributed by atoms with Crippen molar-refractivity contribution < 1.29 is 41.0 Å². The molecule has 262 valence electrons. The van der Waals surface area contributed by atoms with E-state index < -0.39 is 35.4 Å². The average molecular weight is 820 g/mol. The molecule has 0 aliphatic heterocycles. The van der Waals surface area contributed by atoms with Gasteiger partial charge in [-0.2, -0.15) is 15.5 Å². The first kappa shape index (κ1) is 37.9. The summed E-state index contributed by atoms with van der Waals surface area (Å²) in [5.41, 5.74) is 2.58. The Morgan fingerprint density at radius 2 is 1.80 bits per heavy atom. The van der Waals surface area contributed by atoms with Crippen LogP contribution in [0, 0.1) is 23.0 Å². The van der Waals surface area contributed by atoms with Crippen LogP contribution in [0.2, 0.25) is 0 Å². The van der Waals surface area contributed by atoms with Gasteiger partial charge in [0.2, 0.25) is 5.75 Å². The van der Waals surface area contributed by atoms with E-state index in [1.54, 1.807) is 39.2 Å². The van der Waals surface area contributed by atoms with Crippen LogP contribution in [0.4, 0.5) is 32.4 Å². The number of hydrogen-bond acceptors (Lipinski definition) is 9. The number of unbranched alkanes of at least 4 members (excludes halogenated alkanes) is 1. The van der Waals surface area contributed by atoms with Crippen LogP contribution in [0.15, 0.2) is 42.7 Å². The van der Waals surface area contributed by atoms with Gasteiger partial charge in [-0.1, -0.05) is 0 Å². The van der Waals surface area contributed by atoms with Gasteiger partial charge in [-0.3, -0.25) is 0 Å². The fourth-order valence-corrected chi connectivity index (χ4v) is 6.18. The van der Waals surface area contributed by atoms with Crippen molar-refractivity contribution in [3.05, 3.63) is 65.6 Å². The van der Waals surface area contributed by atoms with Gasteiger partial charge in [-0.05, 0) is 97.1 Å². The van der Waals surface area contributed by atoms with Crippen LogP contribution >= 0.6 is 28.4 Å². The highest BCUT2D eigenvalue weighted by molar-refractivity contribution is 14.2. The minimum Gasteiger partial charge on any atom is -0.444 e. The number of carbonyl (C=O) groups excluding carboxylic acids is 1. The Morgan fingerprint density at radius 3 is 2.45 bits per heavy atom. The summed E-state index contributed by atoms with van der Waals surface area (Å²) in [5.74, 6) is -4.67. The number of benzene rings is 2. The SMILES string of the molecule is CC(C)(C)OC(=O)N(CCCCOCCNc1cc(-c2cnnc(C#N)c2)cc2c1cnn2PI)Cc1cc(F)c(OC(F)(F)F)c(F)c1. The third-order valence-electron chi connectivity index (χ3n) is 6.70. The monoisotopic (exact) mass is 819 g/mol. The molecule has 1 unspecified atom stereocenters. The summed E-state index contributed by atoms with van der Waals surface area (Å²) in [5, 5.41) is 25.7. The summed E-state index contributed by atoms with van der Waals surface area (Å²) in [7, 11) is 0. The molecule has 4 rings (SSSR count). The summed E-state index contributed by atoms with van der Waals surface area (Å²) in [6, 6.07) is 8.97. The van der Waals surface area contributed by atoms with E-state index in [0.29, 0.717) is 51.1 Å². The molecule has 1 N–H and O–H groups in total. The molecule has 0 spiro atoms. The zero-order valence-electron chi connectivity index (χ0n) is 26.6. The molecule has 2 aromatic carbocycles. The molecule has 11 nitrogen and oxygen atoms in total. The molecule has 0 bridgehead atoms. The van der Waals surface area contributed by atoms with Gasteiger partial charge in [0, 0.05) is 42.9 Å². The van der Waals surface area contributed by atoms with Gasteiger partial charge in [0.05, 0.1) is 30.9 Å². The number of carbonyl (C=O) groups is 1. The molecule has 4 aromatic rings. The van der Waals surface area contributed by atoms with Gasteiger partial charge in [0.25, 0.3) is 0 Å². The molecule has 0 fully saturated rings. The molecule has 49 heavy (non-hydrogen) atoms. The van der Waals surface area contributed by atoms with Crippen LogP contribution in [-0.2, 0) is 16.0 Å². The fourth-order valence-electron chi connectivity index (χ4n) is 4.65. The number of nitrogens with zero attached hydrogens (tertiary/aromatic N) is 6. The molecular weight excluding hydrogens is 787 g/mol. The van der Waals surface area contributed by atoms with Crippen molar-refractivity contribution in [1.82, 2.24) is 24.6 Å². The zero-order chi connectivity index (χ0) is 35.8. The second kappa shape index (κ2) is 16.7. The summed E-state index contributed by atoms with van der Waals surface area (Å²) in [4.78, 5) is 14.1. The number of fused-ring (bicyclic) bond motifs is 1. The maximum absolute atomic E-state index is 14.3. The molecule has 0 saturated carbocycles. The van der Waals surface area contributed by atoms with Gasteiger partial charge in [-0.15, -0.1) is 18.3 Å². The van der Waals surface area contributed by atoms with E-state index in [1.807, 2.05) is 22.7 Å². The molecule has 18 heteroatoms. The van der Waals surface area contributed by atoms with Crippen molar-refractivity contribution in [2.24, 2.45) is 0 Å². The smallest absolute Gasteiger partial charge is 0.444 e. The molecular formula is C31H32F5IN7O4P. The summed E-state index contributed by atoms with van der Waals surface area (Å²) < 4.78 is 82.8. The number of alkyl halides is 3. The number of nitriles is 1. The Bertz CT molecular complexity index is 1790. The Balaban J connectivity index is 1.32. The Kier molecular flexibility index (Phi) is 12.9.